The third kappa shape index (κ3) is 5.33. The van der Waals surface area contributed by atoms with Crippen LogP contribution in [0.25, 0.3) is 10.2 Å². The molecular weight excluding hydrogens is 407 g/mol. The molecule has 0 aliphatic carbocycles. The van der Waals surface area contributed by atoms with Crippen molar-refractivity contribution >= 4 is 33.4 Å². The van der Waals surface area contributed by atoms with Crippen LogP contribution in [0, 0.1) is 5.82 Å². The maximum atomic E-state index is 13.6. The van der Waals surface area contributed by atoms with Crippen LogP contribution >= 0.6 is 11.3 Å². The van der Waals surface area contributed by atoms with Crippen LogP contribution in [0.4, 0.5) is 4.39 Å². The highest BCUT2D eigenvalue weighted by Gasteiger charge is 2.13. The molecule has 0 aliphatic rings. The summed E-state index contributed by atoms with van der Waals surface area (Å²) in [6.07, 6.45) is 0. The van der Waals surface area contributed by atoms with E-state index in [1.54, 1.807) is 17.6 Å². The van der Waals surface area contributed by atoms with E-state index >= 15 is 0 Å². The number of amides is 1. The fourth-order valence-electron chi connectivity index (χ4n) is 2.85. The molecule has 2 aromatic carbocycles. The number of halogens is 1. The number of nitrogens with zero attached hydrogens (tertiary/aromatic N) is 2. The fraction of sp³-hybridized carbons (Fsp3) is 0.318. The van der Waals surface area contributed by atoms with Crippen LogP contribution in [0.2, 0.25) is 0 Å². The van der Waals surface area contributed by atoms with Crippen LogP contribution in [0.1, 0.15) is 32.3 Å². The standard InChI is InChI=1S/C22H23FN2O4S/c1-4-28-21(27)12-25-18-10-7-16(23)11-19(18)30-22(25)24-20(26)13-29-17-8-5-15(6-9-17)14(2)3/h5-11,14H,4,12-13H2,1-3H3. The van der Waals surface area contributed by atoms with Gasteiger partial charge in [0.2, 0.25) is 0 Å². The zero-order valence-corrected chi connectivity index (χ0v) is 17.9. The van der Waals surface area contributed by atoms with Crippen molar-refractivity contribution in [3.63, 3.8) is 0 Å². The van der Waals surface area contributed by atoms with Crippen molar-refractivity contribution in [3.05, 3.63) is 58.6 Å². The molecule has 0 N–H and O–H groups in total. The van der Waals surface area contributed by atoms with Gasteiger partial charge in [-0.25, -0.2) is 4.39 Å². The van der Waals surface area contributed by atoms with Gasteiger partial charge in [0.05, 0.1) is 16.8 Å². The van der Waals surface area contributed by atoms with Crippen molar-refractivity contribution in [1.29, 1.82) is 0 Å². The second-order valence-electron chi connectivity index (χ2n) is 6.91. The molecule has 0 radical (unpaired) electrons. The number of thiazole rings is 1. The van der Waals surface area contributed by atoms with Gasteiger partial charge in [-0.1, -0.05) is 37.3 Å². The van der Waals surface area contributed by atoms with E-state index in [0.29, 0.717) is 21.9 Å². The summed E-state index contributed by atoms with van der Waals surface area (Å²) in [7, 11) is 0. The van der Waals surface area contributed by atoms with E-state index in [1.807, 2.05) is 24.3 Å². The largest absolute Gasteiger partial charge is 0.484 e. The van der Waals surface area contributed by atoms with E-state index in [1.165, 1.54) is 17.7 Å². The molecule has 1 amide bonds. The first kappa shape index (κ1) is 21.7. The number of carbonyl (C=O) groups is 2. The average molecular weight is 431 g/mol. The molecule has 0 aliphatic heterocycles. The van der Waals surface area contributed by atoms with Crippen molar-refractivity contribution in [2.45, 2.75) is 33.2 Å². The summed E-state index contributed by atoms with van der Waals surface area (Å²) in [5, 5.41) is 0. The van der Waals surface area contributed by atoms with Crippen LogP contribution in [0.3, 0.4) is 0 Å². The van der Waals surface area contributed by atoms with Gasteiger partial charge in [-0.05, 0) is 48.7 Å². The molecule has 0 fully saturated rings. The first-order valence-electron chi connectivity index (χ1n) is 9.62. The summed E-state index contributed by atoms with van der Waals surface area (Å²) >= 11 is 1.13. The Kier molecular flexibility index (Phi) is 6.99. The van der Waals surface area contributed by atoms with Crippen molar-refractivity contribution in [3.8, 4) is 5.75 Å². The minimum absolute atomic E-state index is 0.122. The molecule has 158 valence electrons. The lowest BCUT2D eigenvalue weighted by Crippen LogP contribution is -2.24. The summed E-state index contributed by atoms with van der Waals surface area (Å²) in [4.78, 5) is 28.7. The lowest BCUT2D eigenvalue weighted by atomic mass is 10.0. The number of fused-ring (bicyclic) bond motifs is 1. The molecule has 0 unspecified atom stereocenters. The predicted octanol–water partition coefficient (Wildman–Crippen LogP) is 4.03. The Morgan fingerprint density at radius 2 is 1.90 bits per heavy atom. The Hall–Kier alpha value is -3.00. The monoisotopic (exact) mass is 430 g/mol. The predicted molar refractivity (Wildman–Crippen MR) is 113 cm³/mol. The molecule has 3 rings (SSSR count). The molecule has 0 spiro atoms. The van der Waals surface area contributed by atoms with E-state index in [0.717, 1.165) is 11.3 Å². The van der Waals surface area contributed by atoms with Crippen LogP contribution in [-0.2, 0) is 20.9 Å². The van der Waals surface area contributed by atoms with Gasteiger partial charge in [0, 0.05) is 0 Å². The fourth-order valence-corrected chi connectivity index (χ4v) is 3.93. The third-order valence-corrected chi connectivity index (χ3v) is 5.41. The molecule has 0 atom stereocenters. The number of esters is 1. The quantitative estimate of drug-likeness (QED) is 0.531. The van der Waals surface area contributed by atoms with Crippen molar-refractivity contribution in [1.82, 2.24) is 4.57 Å². The minimum Gasteiger partial charge on any atom is -0.484 e. The van der Waals surface area contributed by atoms with E-state index in [2.05, 4.69) is 18.8 Å². The lowest BCUT2D eigenvalue weighted by molar-refractivity contribution is -0.143. The highest BCUT2D eigenvalue weighted by atomic mass is 32.1. The van der Waals surface area contributed by atoms with Gasteiger partial charge < -0.3 is 14.0 Å². The molecule has 0 saturated carbocycles. The first-order valence-corrected chi connectivity index (χ1v) is 10.4. The topological polar surface area (TPSA) is 69.9 Å². The Balaban J connectivity index is 1.82. The third-order valence-electron chi connectivity index (χ3n) is 4.37. The highest BCUT2D eigenvalue weighted by Crippen LogP contribution is 2.20. The summed E-state index contributed by atoms with van der Waals surface area (Å²) in [5.74, 6) is -0.397. The average Bonchev–Trinajstić information content (AvgIpc) is 3.02. The van der Waals surface area contributed by atoms with E-state index in [4.69, 9.17) is 9.47 Å². The molecule has 1 aromatic heterocycles. The van der Waals surface area contributed by atoms with Gasteiger partial charge in [-0.3, -0.25) is 9.59 Å². The molecule has 3 aromatic rings. The molecule has 6 nitrogen and oxygen atoms in total. The summed E-state index contributed by atoms with van der Waals surface area (Å²) in [6, 6.07) is 11.7. The highest BCUT2D eigenvalue weighted by molar-refractivity contribution is 7.16. The summed E-state index contributed by atoms with van der Waals surface area (Å²) in [6.45, 7) is 5.78. The second kappa shape index (κ2) is 9.67. The molecular formula is C22H23FN2O4S. The smallest absolute Gasteiger partial charge is 0.326 e. The van der Waals surface area contributed by atoms with Crippen LogP contribution < -0.4 is 9.54 Å². The second-order valence-corrected chi connectivity index (χ2v) is 7.91. The van der Waals surface area contributed by atoms with Crippen LogP contribution in [0.5, 0.6) is 5.75 Å². The Morgan fingerprint density at radius 3 is 2.57 bits per heavy atom. The molecule has 0 bridgehead atoms. The van der Waals surface area contributed by atoms with E-state index in [9.17, 15) is 14.0 Å². The number of benzene rings is 2. The van der Waals surface area contributed by atoms with Gasteiger partial charge >= 0.3 is 5.97 Å². The normalized spacial score (nSPS) is 11.8. The van der Waals surface area contributed by atoms with Crippen molar-refractivity contribution < 1.29 is 23.5 Å². The SMILES string of the molecule is CCOC(=O)Cn1c(=NC(=O)COc2ccc(C(C)C)cc2)sc2cc(F)ccc21. The molecule has 30 heavy (non-hydrogen) atoms. The molecule has 8 heteroatoms. The summed E-state index contributed by atoms with van der Waals surface area (Å²) in [5.41, 5.74) is 1.78. The number of hydrogen-bond donors (Lipinski definition) is 0. The van der Waals surface area contributed by atoms with Crippen molar-refractivity contribution in [2.24, 2.45) is 4.99 Å². The minimum atomic E-state index is -0.507. The van der Waals surface area contributed by atoms with E-state index < -0.39 is 17.7 Å². The Morgan fingerprint density at radius 1 is 1.17 bits per heavy atom. The van der Waals surface area contributed by atoms with Gasteiger partial charge in [-0.15, -0.1) is 0 Å². The number of aromatic nitrogens is 1. The number of hydrogen-bond acceptors (Lipinski definition) is 5. The van der Waals surface area contributed by atoms with Crippen molar-refractivity contribution in [2.75, 3.05) is 13.2 Å². The van der Waals surface area contributed by atoms with Crippen LogP contribution in [-0.4, -0.2) is 29.7 Å². The first-order chi connectivity index (χ1) is 14.4. The van der Waals surface area contributed by atoms with Gasteiger partial charge in [0.25, 0.3) is 5.91 Å². The maximum absolute atomic E-state index is 13.6. The zero-order valence-electron chi connectivity index (χ0n) is 17.1. The number of ether oxygens (including phenoxy) is 2. The number of rotatable bonds is 7. The van der Waals surface area contributed by atoms with Gasteiger partial charge in [0.15, 0.2) is 11.4 Å². The lowest BCUT2D eigenvalue weighted by Gasteiger charge is -2.07. The Bertz CT molecular complexity index is 1120. The Labute approximate surface area is 177 Å². The van der Waals surface area contributed by atoms with E-state index in [-0.39, 0.29) is 24.6 Å². The maximum Gasteiger partial charge on any atom is 0.326 e. The van der Waals surface area contributed by atoms with Crippen LogP contribution in [0.15, 0.2) is 47.5 Å². The van der Waals surface area contributed by atoms with Gasteiger partial charge in [-0.2, -0.15) is 4.99 Å². The summed E-state index contributed by atoms with van der Waals surface area (Å²) < 4.78 is 26.3. The number of carbonyl (C=O) groups excluding carboxylic acids is 2. The molecule has 0 saturated heterocycles. The molecule has 1 heterocycles. The van der Waals surface area contributed by atoms with Gasteiger partial charge in [0.1, 0.15) is 18.1 Å². The zero-order chi connectivity index (χ0) is 21.7.